The van der Waals surface area contributed by atoms with E-state index >= 15 is 0 Å². The third-order valence-corrected chi connectivity index (χ3v) is 6.01. The number of benzene rings is 1. The smallest absolute Gasteiger partial charge is 0.219 e. The summed E-state index contributed by atoms with van der Waals surface area (Å²) in [6.45, 7) is 6.85. The highest BCUT2D eigenvalue weighted by Gasteiger charge is 2.42. The molecule has 132 valence electrons. The molecule has 1 aliphatic rings. The van der Waals surface area contributed by atoms with E-state index in [-0.39, 0.29) is 9.86 Å². The molecule has 0 N–H and O–H groups in total. The van der Waals surface area contributed by atoms with Crippen LogP contribution in [0.3, 0.4) is 0 Å². The van der Waals surface area contributed by atoms with E-state index < -0.39 is 0 Å². The molecule has 0 aliphatic carbocycles. The topological polar surface area (TPSA) is 26.3 Å². The van der Waals surface area contributed by atoms with E-state index in [2.05, 4.69) is 26.0 Å². The van der Waals surface area contributed by atoms with Crippen LogP contribution < -0.4 is 0 Å². The number of carbonyl (C=O) groups is 1. The van der Waals surface area contributed by atoms with Crippen LogP contribution in [0.5, 0.6) is 0 Å². The van der Waals surface area contributed by atoms with Crippen LogP contribution in [0, 0.1) is 0 Å². The maximum absolute atomic E-state index is 12.2. The molecule has 1 aliphatic heterocycles. The summed E-state index contributed by atoms with van der Waals surface area (Å²) in [5.74, 6) is 0.898. The first-order chi connectivity index (χ1) is 11.6. The summed E-state index contributed by atoms with van der Waals surface area (Å²) in [6.07, 6.45) is 8.64. The molecule has 1 unspecified atom stereocenters. The summed E-state index contributed by atoms with van der Waals surface area (Å²) < 4.78 is 5.93. The van der Waals surface area contributed by atoms with Crippen LogP contribution in [-0.4, -0.2) is 9.86 Å². The van der Waals surface area contributed by atoms with Crippen molar-refractivity contribution in [3.8, 4) is 0 Å². The van der Waals surface area contributed by atoms with Crippen LogP contribution in [0.2, 0.25) is 0 Å². The zero-order valence-corrected chi connectivity index (χ0v) is 16.1. The predicted octanol–water partition coefficient (Wildman–Crippen LogP) is 6.26. The van der Waals surface area contributed by atoms with E-state index in [4.69, 9.17) is 4.74 Å². The second-order valence-corrected chi connectivity index (χ2v) is 8.34. The summed E-state index contributed by atoms with van der Waals surface area (Å²) in [7, 11) is 0. The third-order valence-electron chi connectivity index (χ3n) is 4.68. The summed E-state index contributed by atoms with van der Waals surface area (Å²) in [4.78, 5) is 12.2. The molecule has 3 heteroatoms. The average molecular weight is 347 g/mol. The average Bonchev–Trinajstić information content (AvgIpc) is 2.79. The fourth-order valence-corrected chi connectivity index (χ4v) is 4.42. The van der Waals surface area contributed by atoms with Gasteiger partial charge < -0.3 is 4.74 Å². The Bertz CT molecular complexity index is 564. The molecular formula is C21H30O2S. The van der Waals surface area contributed by atoms with Crippen LogP contribution in [0.15, 0.2) is 41.7 Å². The van der Waals surface area contributed by atoms with Crippen LogP contribution >= 0.6 is 11.8 Å². The molecule has 24 heavy (non-hydrogen) atoms. The van der Waals surface area contributed by atoms with Crippen LogP contribution in [0.25, 0.3) is 0 Å². The van der Waals surface area contributed by atoms with Gasteiger partial charge in [-0.1, -0.05) is 87.5 Å². The Morgan fingerprint density at radius 3 is 2.42 bits per heavy atom. The Morgan fingerprint density at radius 2 is 1.71 bits per heavy atom. The van der Waals surface area contributed by atoms with Gasteiger partial charge in [0.2, 0.25) is 5.12 Å². The summed E-state index contributed by atoms with van der Waals surface area (Å²) in [5.41, 5.74) is 1.94. The molecule has 0 amide bonds. The molecule has 1 atom stereocenters. The van der Waals surface area contributed by atoms with Crippen molar-refractivity contribution in [1.29, 1.82) is 0 Å². The fourth-order valence-electron chi connectivity index (χ4n) is 3.21. The summed E-state index contributed by atoms with van der Waals surface area (Å²) in [5, 5.41) is 0.173. The van der Waals surface area contributed by atoms with Gasteiger partial charge in [-0.3, -0.25) is 4.79 Å². The van der Waals surface area contributed by atoms with Gasteiger partial charge in [0.25, 0.3) is 0 Å². The quantitative estimate of drug-likeness (QED) is 0.468. The zero-order valence-electron chi connectivity index (χ0n) is 15.3. The van der Waals surface area contributed by atoms with Gasteiger partial charge >= 0.3 is 0 Å². The monoisotopic (exact) mass is 346 g/mol. The fraction of sp³-hybridized carbons (Fsp3) is 0.571. The van der Waals surface area contributed by atoms with Crippen molar-refractivity contribution < 1.29 is 9.53 Å². The number of rotatable bonds is 10. The molecule has 2 nitrogen and oxygen atoms in total. The standard InChI is InChI=1S/C21H30O2S/c1-4-5-6-7-8-12-15-21(3)19(17(2)20(22)24-21)23-16-18-13-10-9-11-14-18/h9-11,13-14H,4-8,12,15-16H2,1-3H3. The number of hydrogen-bond donors (Lipinski definition) is 0. The molecule has 0 radical (unpaired) electrons. The summed E-state index contributed by atoms with van der Waals surface area (Å²) >= 11 is 1.45. The Labute approximate surface area is 151 Å². The second-order valence-electron chi connectivity index (χ2n) is 6.87. The molecule has 0 bridgehead atoms. The lowest BCUT2D eigenvalue weighted by Crippen LogP contribution is -2.22. The molecule has 0 saturated heterocycles. The number of carbonyl (C=O) groups excluding carboxylic acids is 1. The van der Waals surface area contributed by atoms with Gasteiger partial charge in [-0.05, 0) is 25.8 Å². The highest BCUT2D eigenvalue weighted by Crippen LogP contribution is 2.47. The van der Waals surface area contributed by atoms with E-state index in [1.807, 2.05) is 25.1 Å². The van der Waals surface area contributed by atoms with Crippen molar-refractivity contribution in [1.82, 2.24) is 0 Å². The van der Waals surface area contributed by atoms with Gasteiger partial charge in [-0.2, -0.15) is 0 Å². The molecule has 1 aromatic rings. The van der Waals surface area contributed by atoms with Crippen molar-refractivity contribution >= 4 is 16.9 Å². The van der Waals surface area contributed by atoms with Gasteiger partial charge in [0, 0.05) is 5.57 Å². The normalized spacial score (nSPS) is 20.7. The Hall–Kier alpha value is -1.22. The molecule has 0 spiro atoms. The first-order valence-corrected chi connectivity index (χ1v) is 10.00. The number of hydrogen-bond acceptors (Lipinski definition) is 3. The molecule has 0 fully saturated rings. The predicted molar refractivity (Wildman–Crippen MR) is 103 cm³/mol. The lowest BCUT2D eigenvalue weighted by Gasteiger charge is -2.26. The van der Waals surface area contributed by atoms with Crippen LogP contribution in [-0.2, 0) is 16.1 Å². The molecule has 2 rings (SSSR count). The van der Waals surface area contributed by atoms with E-state index in [0.717, 1.165) is 29.7 Å². The van der Waals surface area contributed by atoms with Crippen molar-refractivity contribution in [2.24, 2.45) is 0 Å². The van der Waals surface area contributed by atoms with Crippen molar-refractivity contribution in [2.45, 2.75) is 77.1 Å². The second kappa shape index (κ2) is 9.31. The Kier molecular flexibility index (Phi) is 7.41. The first kappa shape index (κ1) is 19.1. The largest absolute Gasteiger partial charge is 0.491 e. The lowest BCUT2D eigenvalue weighted by atomic mass is 9.97. The van der Waals surface area contributed by atoms with Crippen molar-refractivity contribution in [2.75, 3.05) is 0 Å². The Morgan fingerprint density at radius 1 is 1.04 bits per heavy atom. The highest BCUT2D eigenvalue weighted by molar-refractivity contribution is 8.15. The van der Waals surface area contributed by atoms with Gasteiger partial charge in [-0.15, -0.1) is 0 Å². The van der Waals surface area contributed by atoms with Gasteiger partial charge in [0.05, 0.1) is 4.75 Å². The number of unbranched alkanes of at least 4 members (excludes halogenated alkanes) is 5. The lowest BCUT2D eigenvalue weighted by molar-refractivity contribution is -0.107. The molecule has 1 aromatic carbocycles. The van der Waals surface area contributed by atoms with Crippen LogP contribution in [0.1, 0.15) is 71.3 Å². The van der Waals surface area contributed by atoms with E-state index in [1.165, 1.54) is 43.9 Å². The third kappa shape index (κ3) is 5.14. The summed E-state index contributed by atoms with van der Waals surface area (Å²) in [6, 6.07) is 10.2. The van der Waals surface area contributed by atoms with Gasteiger partial charge in [0.15, 0.2) is 0 Å². The molecule has 1 heterocycles. The van der Waals surface area contributed by atoms with Crippen LogP contribution in [0.4, 0.5) is 0 Å². The van der Waals surface area contributed by atoms with E-state index in [9.17, 15) is 4.79 Å². The maximum atomic E-state index is 12.2. The van der Waals surface area contributed by atoms with Gasteiger partial charge in [0.1, 0.15) is 12.4 Å². The number of thioether (sulfide) groups is 1. The van der Waals surface area contributed by atoms with E-state index in [1.54, 1.807) is 0 Å². The zero-order chi connectivity index (χ0) is 17.4. The first-order valence-electron chi connectivity index (χ1n) is 9.18. The molecular weight excluding hydrogens is 316 g/mol. The highest BCUT2D eigenvalue weighted by atomic mass is 32.2. The minimum absolute atomic E-state index is 0.173. The minimum Gasteiger partial charge on any atom is -0.491 e. The van der Waals surface area contributed by atoms with Gasteiger partial charge in [-0.25, -0.2) is 0 Å². The molecule has 0 saturated carbocycles. The molecule has 0 aromatic heterocycles. The Balaban J connectivity index is 1.91. The van der Waals surface area contributed by atoms with Crippen molar-refractivity contribution in [3.63, 3.8) is 0 Å². The number of ether oxygens (including phenoxy) is 1. The van der Waals surface area contributed by atoms with E-state index in [0.29, 0.717) is 6.61 Å². The SMILES string of the molecule is CCCCCCCCC1(C)SC(=O)C(C)=C1OCc1ccccc1. The minimum atomic E-state index is -0.194. The van der Waals surface area contributed by atoms with Crippen molar-refractivity contribution in [3.05, 3.63) is 47.2 Å². The maximum Gasteiger partial charge on any atom is 0.219 e.